The van der Waals surface area contributed by atoms with Crippen LogP contribution in [0.1, 0.15) is 0 Å². The first-order chi connectivity index (χ1) is 8.43. The van der Waals surface area contributed by atoms with Gasteiger partial charge in [-0.1, -0.05) is 15.9 Å². The van der Waals surface area contributed by atoms with Crippen molar-refractivity contribution in [1.82, 2.24) is 4.31 Å². The first-order valence-electron chi connectivity index (χ1n) is 5.25. The molecule has 2 N–H and O–H groups in total. The number of nitrogen functional groups attached to an aromatic ring is 1. The van der Waals surface area contributed by atoms with E-state index < -0.39 is 10.0 Å². The summed E-state index contributed by atoms with van der Waals surface area (Å²) in [5.41, 5.74) is 6.04. The van der Waals surface area contributed by atoms with Crippen LogP contribution in [0.2, 0.25) is 0 Å². The van der Waals surface area contributed by atoms with Gasteiger partial charge in [0.05, 0.1) is 18.9 Å². The molecule has 1 aliphatic rings. The molecule has 0 aliphatic carbocycles. The van der Waals surface area contributed by atoms with E-state index in [4.69, 9.17) is 10.5 Å². The topological polar surface area (TPSA) is 72.6 Å². The molecule has 1 aliphatic heterocycles. The summed E-state index contributed by atoms with van der Waals surface area (Å²) in [4.78, 5) is 0.118. The van der Waals surface area contributed by atoms with Crippen LogP contribution in [0.4, 0.5) is 5.69 Å². The van der Waals surface area contributed by atoms with Crippen molar-refractivity contribution in [2.45, 2.75) is 4.90 Å². The van der Waals surface area contributed by atoms with Crippen molar-refractivity contribution in [1.29, 1.82) is 0 Å². The number of hydrogen-bond donors (Lipinski definition) is 1. The van der Waals surface area contributed by atoms with E-state index in [-0.39, 0.29) is 10.6 Å². The standard InChI is InChI=1S/C10H12Br2N2O3S/c11-7-5-8(12)10(9(13)6-7)18(15,16)14-1-3-17-4-2-14/h5-6H,1-4,13H2. The highest BCUT2D eigenvalue weighted by molar-refractivity contribution is 9.11. The largest absolute Gasteiger partial charge is 0.398 e. The molecule has 0 unspecified atom stereocenters. The van der Waals surface area contributed by atoms with Crippen LogP contribution < -0.4 is 5.73 Å². The molecule has 0 amide bonds. The van der Waals surface area contributed by atoms with Crippen molar-refractivity contribution < 1.29 is 13.2 Å². The second-order valence-corrected chi connectivity index (χ2v) is 7.47. The quantitative estimate of drug-likeness (QED) is 0.769. The van der Waals surface area contributed by atoms with Crippen LogP contribution in [0.5, 0.6) is 0 Å². The molecule has 1 aromatic carbocycles. The van der Waals surface area contributed by atoms with Gasteiger partial charge >= 0.3 is 0 Å². The smallest absolute Gasteiger partial charge is 0.246 e. The lowest BCUT2D eigenvalue weighted by Crippen LogP contribution is -2.41. The third kappa shape index (κ3) is 2.72. The Labute approximate surface area is 123 Å². The van der Waals surface area contributed by atoms with Crippen molar-refractivity contribution in [2.75, 3.05) is 32.0 Å². The molecule has 2 rings (SSSR count). The van der Waals surface area contributed by atoms with Crippen LogP contribution in [0.25, 0.3) is 0 Å². The Morgan fingerprint density at radius 1 is 1.22 bits per heavy atom. The Morgan fingerprint density at radius 2 is 1.83 bits per heavy atom. The van der Waals surface area contributed by atoms with Crippen LogP contribution in [-0.2, 0) is 14.8 Å². The highest BCUT2D eigenvalue weighted by Gasteiger charge is 2.30. The minimum Gasteiger partial charge on any atom is -0.398 e. The third-order valence-corrected chi connectivity index (χ3v) is 5.97. The van der Waals surface area contributed by atoms with Crippen molar-refractivity contribution in [3.05, 3.63) is 21.1 Å². The van der Waals surface area contributed by atoms with Gasteiger partial charge in [0, 0.05) is 22.0 Å². The molecule has 0 bridgehead atoms. The van der Waals surface area contributed by atoms with Gasteiger partial charge in [0.2, 0.25) is 10.0 Å². The molecule has 0 aromatic heterocycles. The zero-order valence-electron chi connectivity index (χ0n) is 9.40. The van der Waals surface area contributed by atoms with E-state index in [1.807, 2.05) is 0 Å². The SMILES string of the molecule is Nc1cc(Br)cc(Br)c1S(=O)(=O)N1CCOCC1. The fraction of sp³-hybridized carbons (Fsp3) is 0.400. The van der Waals surface area contributed by atoms with Gasteiger partial charge in [-0.3, -0.25) is 0 Å². The first-order valence-corrected chi connectivity index (χ1v) is 8.28. The van der Waals surface area contributed by atoms with Gasteiger partial charge in [0.15, 0.2) is 0 Å². The summed E-state index contributed by atoms with van der Waals surface area (Å²) in [6, 6.07) is 3.25. The molecular formula is C10H12Br2N2O3S. The van der Waals surface area contributed by atoms with Crippen molar-refractivity contribution in [3.8, 4) is 0 Å². The molecule has 100 valence electrons. The molecule has 0 radical (unpaired) electrons. The van der Waals surface area contributed by atoms with E-state index in [0.717, 1.165) is 4.47 Å². The minimum absolute atomic E-state index is 0.118. The van der Waals surface area contributed by atoms with Crippen LogP contribution in [0.3, 0.4) is 0 Å². The lowest BCUT2D eigenvalue weighted by atomic mass is 10.3. The Morgan fingerprint density at radius 3 is 2.39 bits per heavy atom. The predicted octanol–water partition coefficient (Wildman–Crippen LogP) is 1.81. The molecule has 18 heavy (non-hydrogen) atoms. The lowest BCUT2D eigenvalue weighted by molar-refractivity contribution is 0.0730. The number of rotatable bonds is 2. The van der Waals surface area contributed by atoms with E-state index >= 15 is 0 Å². The normalized spacial score (nSPS) is 17.9. The van der Waals surface area contributed by atoms with E-state index in [1.54, 1.807) is 12.1 Å². The summed E-state index contributed by atoms with van der Waals surface area (Å²) in [6.45, 7) is 1.52. The Kier molecular flexibility index (Phi) is 4.32. The lowest BCUT2D eigenvalue weighted by Gasteiger charge is -2.27. The average Bonchev–Trinajstić information content (AvgIpc) is 2.28. The molecule has 8 heteroatoms. The molecule has 0 atom stereocenters. The maximum atomic E-state index is 12.5. The summed E-state index contributed by atoms with van der Waals surface area (Å²) in [6.07, 6.45) is 0. The van der Waals surface area contributed by atoms with Crippen LogP contribution in [0.15, 0.2) is 26.0 Å². The summed E-state index contributed by atoms with van der Waals surface area (Å²) in [7, 11) is -3.58. The zero-order chi connectivity index (χ0) is 13.3. The van der Waals surface area contributed by atoms with Gasteiger partial charge in [0.25, 0.3) is 0 Å². The summed E-state index contributed by atoms with van der Waals surface area (Å²) in [5.74, 6) is 0. The second-order valence-electron chi connectivity index (χ2n) is 3.82. The highest BCUT2D eigenvalue weighted by atomic mass is 79.9. The summed E-state index contributed by atoms with van der Waals surface area (Å²) < 4.78 is 32.7. The summed E-state index contributed by atoms with van der Waals surface area (Å²) in [5, 5.41) is 0. The molecule has 0 saturated carbocycles. The van der Waals surface area contributed by atoms with E-state index in [9.17, 15) is 8.42 Å². The molecule has 1 heterocycles. The number of hydrogen-bond acceptors (Lipinski definition) is 4. The molecule has 0 spiro atoms. The van der Waals surface area contributed by atoms with Crippen LogP contribution in [-0.4, -0.2) is 39.0 Å². The molecular weight excluding hydrogens is 388 g/mol. The third-order valence-electron chi connectivity index (χ3n) is 2.61. The van der Waals surface area contributed by atoms with Crippen LogP contribution in [0, 0.1) is 0 Å². The highest BCUT2D eigenvalue weighted by Crippen LogP contribution is 2.33. The minimum atomic E-state index is -3.58. The Hall–Kier alpha value is -0.150. The number of anilines is 1. The number of benzene rings is 1. The van der Waals surface area contributed by atoms with E-state index in [1.165, 1.54) is 4.31 Å². The van der Waals surface area contributed by atoms with Gasteiger partial charge in [-0.2, -0.15) is 4.31 Å². The van der Waals surface area contributed by atoms with Gasteiger partial charge < -0.3 is 10.5 Å². The molecule has 1 aromatic rings. The van der Waals surface area contributed by atoms with Crippen molar-refractivity contribution in [3.63, 3.8) is 0 Å². The van der Waals surface area contributed by atoms with Gasteiger partial charge in [-0.25, -0.2) is 8.42 Å². The molecule has 1 saturated heterocycles. The van der Waals surface area contributed by atoms with E-state index in [0.29, 0.717) is 30.8 Å². The van der Waals surface area contributed by atoms with E-state index in [2.05, 4.69) is 31.9 Å². The maximum Gasteiger partial charge on any atom is 0.246 e. The van der Waals surface area contributed by atoms with Crippen LogP contribution >= 0.6 is 31.9 Å². The predicted molar refractivity (Wildman–Crippen MR) is 75.8 cm³/mol. The van der Waals surface area contributed by atoms with Gasteiger partial charge in [-0.05, 0) is 28.1 Å². The Bertz CT molecular complexity index is 533. The monoisotopic (exact) mass is 398 g/mol. The molecule has 1 fully saturated rings. The second kappa shape index (κ2) is 5.46. The number of sulfonamides is 1. The average molecular weight is 400 g/mol. The first kappa shape index (κ1) is 14.3. The number of ether oxygens (including phenoxy) is 1. The molecule has 5 nitrogen and oxygen atoms in total. The number of nitrogens with zero attached hydrogens (tertiary/aromatic N) is 1. The van der Waals surface area contributed by atoms with Gasteiger partial charge in [-0.15, -0.1) is 0 Å². The Balaban J connectivity index is 2.47. The van der Waals surface area contributed by atoms with Gasteiger partial charge in [0.1, 0.15) is 4.90 Å². The number of morpholine rings is 1. The zero-order valence-corrected chi connectivity index (χ0v) is 13.4. The van der Waals surface area contributed by atoms with Crippen molar-refractivity contribution >= 4 is 47.6 Å². The number of nitrogens with two attached hydrogens (primary N) is 1. The fourth-order valence-corrected chi connectivity index (χ4v) is 5.19. The van der Waals surface area contributed by atoms with Crippen molar-refractivity contribution in [2.24, 2.45) is 0 Å². The maximum absolute atomic E-state index is 12.5. The number of halogens is 2. The fourth-order valence-electron chi connectivity index (χ4n) is 1.77. The summed E-state index contributed by atoms with van der Waals surface area (Å²) >= 11 is 6.52.